The van der Waals surface area contributed by atoms with Crippen LogP contribution in [0.2, 0.25) is 0 Å². The first-order chi connectivity index (χ1) is 10.1. The van der Waals surface area contributed by atoms with E-state index in [-0.39, 0.29) is 18.3 Å². The van der Waals surface area contributed by atoms with Gasteiger partial charge in [-0.3, -0.25) is 4.79 Å². The molecular formula is C15H18ClFN4O. The van der Waals surface area contributed by atoms with E-state index in [4.69, 9.17) is 0 Å². The molecule has 1 aliphatic rings. The van der Waals surface area contributed by atoms with E-state index in [0.29, 0.717) is 29.7 Å². The maximum atomic E-state index is 13.8. The van der Waals surface area contributed by atoms with Gasteiger partial charge < -0.3 is 10.2 Å². The van der Waals surface area contributed by atoms with Crippen LogP contribution in [0.25, 0.3) is 11.0 Å². The lowest BCUT2D eigenvalue weighted by atomic mass is 10.1. The molecule has 5 nitrogen and oxygen atoms in total. The summed E-state index contributed by atoms with van der Waals surface area (Å²) in [5, 5.41) is 3.19. The summed E-state index contributed by atoms with van der Waals surface area (Å²) in [5.41, 5.74) is 2.69. The fourth-order valence-electron chi connectivity index (χ4n) is 2.50. The first-order valence-electron chi connectivity index (χ1n) is 7.01. The van der Waals surface area contributed by atoms with Crippen LogP contribution >= 0.6 is 12.4 Å². The molecule has 1 aliphatic heterocycles. The second-order valence-electron chi connectivity index (χ2n) is 5.26. The van der Waals surface area contributed by atoms with E-state index in [1.165, 1.54) is 12.1 Å². The lowest BCUT2D eigenvalue weighted by Crippen LogP contribution is -2.46. The quantitative estimate of drug-likeness (QED) is 0.870. The minimum Gasteiger partial charge on any atom is -0.336 e. The summed E-state index contributed by atoms with van der Waals surface area (Å²) in [4.78, 5) is 23.1. The number of aryl methyl sites for hydroxylation is 2. The van der Waals surface area contributed by atoms with Gasteiger partial charge in [-0.2, -0.15) is 0 Å². The Morgan fingerprint density at radius 3 is 2.50 bits per heavy atom. The number of rotatable bonds is 1. The second kappa shape index (κ2) is 6.54. The van der Waals surface area contributed by atoms with E-state index in [9.17, 15) is 9.18 Å². The predicted molar refractivity (Wildman–Crippen MR) is 85.0 cm³/mol. The Bertz CT molecular complexity index is 716. The molecule has 1 saturated heterocycles. The highest BCUT2D eigenvalue weighted by atomic mass is 35.5. The molecule has 3 rings (SSSR count). The van der Waals surface area contributed by atoms with Crippen LogP contribution in [0.15, 0.2) is 12.1 Å². The van der Waals surface area contributed by atoms with Crippen LogP contribution in [0.3, 0.4) is 0 Å². The summed E-state index contributed by atoms with van der Waals surface area (Å²) in [5.74, 6) is -0.642. The molecule has 1 N–H and O–H groups in total. The van der Waals surface area contributed by atoms with E-state index in [2.05, 4.69) is 15.3 Å². The zero-order valence-electron chi connectivity index (χ0n) is 12.5. The number of hydrogen-bond donors (Lipinski definition) is 1. The summed E-state index contributed by atoms with van der Waals surface area (Å²) in [7, 11) is 0. The number of hydrogen-bond acceptors (Lipinski definition) is 4. The van der Waals surface area contributed by atoms with E-state index < -0.39 is 5.82 Å². The SMILES string of the molecule is Cc1nc2cc(F)cc(C(=O)N3CCNCC3)c2nc1C.Cl. The molecule has 2 heterocycles. The Balaban J connectivity index is 0.00000176. The monoisotopic (exact) mass is 324 g/mol. The van der Waals surface area contributed by atoms with Crippen LogP contribution in [-0.2, 0) is 0 Å². The molecule has 1 fully saturated rings. The third-order valence-corrected chi connectivity index (χ3v) is 3.78. The Morgan fingerprint density at radius 1 is 1.18 bits per heavy atom. The van der Waals surface area contributed by atoms with Gasteiger partial charge in [0, 0.05) is 32.2 Å². The standard InChI is InChI=1S/C15H17FN4O.ClH/c1-9-10(2)19-14-12(7-11(16)8-13(14)18-9)15(21)20-5-3-17-4-6-20;/h7-8,17H,3-6H2,1-2H3;1H. The van der Waals surface area contributed by atoms with E-state index in [1.807, 2.05) is 13.8 Å². The number of benzene rings is 1. The molecule has 0 atom stereocenters. The third kappa shape index (κ3) is 3.03. The van der Waals surface area contributed by atoms with Crippen LogP contribution in [0, 0.1) is 19.7 Å². The number of aromatic nitrogens is 2. The molecule has 0 spiro atoms. The van der Waals surface area contributed by atoms with E-state index in [0.717, 1.165) is 24.5 Å². The van der Waals surface area contributed by atoms with Gasteiger partial charge in [-0.15, -0.1) is 12.4 Å². The fourth-order valence-corrected chi connectivity index (χ4v) is 2.50. The van der Waals surface area contributed by atoms with Crippen LogP contribution < -0.4 is 5.32 Å². The summed E-state index contributed by atoms with van der Waals surface area (Å²) >= 11 is 0. The first kappa shape index (κ1) is 16.6. The predicted octanol–water partition coefficient (Wildman–Crippen LogP) is 1.85. The van der Waals surface area contributed by atoms with Crippen molar-refractivity contribution in [3.63, 3.8) is 0 Å². The number of halogens is 2. The normalized spacial score (nSPS) is 14.8. The highest BCUT2D eigenvalue weighted by molar-refractivity contribution is 6.04. The second-order valence-corrected chi connectivity index (χ2v) is 5.26. The van der Waals surface area contributed by atoms with E-state index >= 15 is 0 Å². The fraction of sp³-hybridized carbons (Fsp3) is 0.400. The molecule has 0 aliphatic carbocycles. The number of nitrogens with zero attached hydrogens (tertiary/aromatic N) is 3. The summed E-state index contributed by atoms with van der Waals surface area (Å²) in [6, 6.07) is 2.58. The number of fused-ring (bicyclic) bond motifs is 1. The van der Waals surface area contributed by atoms with E-state index in [1.54, 1.807) is 4.90 Å². The lowest BCUT2D eigenvalue weighted by molar-refractivity contribution is 0.0737. The smallest absolute Gasteiger partial charge is 0.256 e. The van der Waals surface area contributed by atoms with Crippen molar-refractivity contribution in [3.8, 4) is 0 Å². The summed E-state index contributed by atoms with van der Waals surface area (Å²) in [6.07, 6.45) is 0. The molecule has 7 heteroatoms. The van der Waals surface area contributed by atoms with Gasteiger partial charge in [-0.1, -0.05) is 0 Å². The number of piperazine rings is 1. The Kier molecular flexibility index (Phi) is 4.93. The van der Waals surface area contributed by atoms with Gasteiger partial charge >= 0.3 is 0 Å². The molecule has 2 aromatic rings. The maximum absolute atomic E-state index is 13.8. The van der Waals surface area contributed by atoms with Crippen molar-refractivity contribution >= 4 is 29.3 Å². The van der Waals surface area contributed by atoms with Gasteiger partial charge in [0.1, 0.15) is 11.3 Å². The largest absolute Gasteiger partial charge is 0.336 e. The molecule has 22 heavy (non-hydrogen) atoms. The molecule has 118 valence electrons. The zero-order valence-corrected chi connectivity index (χ0v) is 13.3. The minimum absolute atomic E-state index is 0. The first-order valence-corrected chi connectivity index (χ1v) is 7.01. The van der Waals surface area contributed by atoms with Crippen LogP contribution in [0.4, 0.5) is 4.39 Å². The van der Waals surface area contributed by atoms with Crippen molar-refractivity contribution in [1.82, 2.24) is 20.2 Å². The van der Waals surface area contributed by atoms with Crippen molar-refractivity contribution in [2.75, 3.05) is 26.2 Å². The minimum atomic E-state index is -0.460. The molecule has 0 radical (unpaired) electrons. The van der Waals surface area contributed by atoms with Gasteiger partial charge in [0.25, 0.3) is 5.91 Å². The number of nitrogens with one attached hydrogen (secondary N) is 1. The average Bonchev–Trinajstić information content (AvgIpc) is 2.48. The Morgan fingerprint density at radius 2 is 1.82 bits per heavy atom. The topological polar surface area (TPSA) is 58.1 Å². The van der Waals surface area contributed by atoms with Crippen molar-refractivity contribution in [2.24, 2.45) is 0 Å². The van der Waals surface area contributed by atoms with Gasteiger partial charge in [-0.05, 0) is 19.9 Å². The van der Waals surface area contributed by atoms with Crippen LogP contribution in [-0.4, -0.2) is 47.0 Å². The Hall–Kier alpha value is -1.79. The van der Waals surface area contributed by atoms with Gasteiger partial charge in [0.05, 0.1) is 22.5 Å². The average molecular weight is 325 g/mol. The third-order valence-electron chi connectivity index (χ3n) is 3.78. The van der Waals surface area contributed by atoms with Crippen molar-refractivity contribution in [1.29, 1.82) is 0 Å². The van der Waals surface area contributed by atoms with Crippen molar-refractivity contribution < 1.29 is 9.18 Å². The number of carbonyl (C=O) groups excluding carboxylic acids is 1. The molecule has 1 amide bonds. The highest BCUT2D eigenvalue weighted by Gasteiger charge is 2.22. The van der Waals surface area contributed by atoms with Crippen LogP contribution in [0.1, 0.15) is 21.7 Å². The summed E-state index contributed by atoms with van der Waals surface area (Å²) in [6.45, 7) is 6.41. The molecule has 0 unspecified atom stereocenters. The molecule has 0 bridgehead atoms. The van der Waals surface area contributed by atoms with Crippen molar-refractivity contribution in [2.45, 2.75) is 13.8 Å². The van der Waals surface area contributed by atoms with Crippen molar-refractivity contribution in [3.05, 3.63) is 34.9 Å². The van der Waals surface area contributed by atoms with Crippen LogP contribution in [0.5, 0.6) is 0 Å². The van der Waals surface area contributed by atoms with Gasteiger partial charge in [0.15, 0.2) is 0 Å². The molecule has 0 saturated carbocycles. The molecule has 1 aromatic carbocycles. The highest BCUT2D eigenvalue weighted by Crippen LogP contribution is 2.20. The maximum Gasteiger partial charge on any atom is 0.256 e. The zero-order chi connectivity index (χ0) is 15.0. The number of carbonyl (C=O) groups is 1. The Labute approximate surface area is 134 Å². The van der Waals surface area contributed by atoms with Gasteiger partial charge in [-0.25, -0.2) is 14.4 Å². The summed E-state index contributed by atoms with van der Waals surface area (Å²) < 4.78 is 13.8. The van der Waals surface area contributed by atoms with Gasteiger partial charge in [0.2, 0.25) is 0 Å². The molecular weight excluding hydrogens is 307 g/mol. The molecule has 1 aromatic heterocycles. The lowest BCUT2D eigenvalue weighted by Gasteiger charge is -2.27. The number of amides is 1.